The molecule has 0 radical (unpaired) electrons. The van der Waals surface area contributed by atoms with Crippen LogP contribution in [0.1, 0.15) is 35.6 Å². The lowest BCUT2D eigenvalue weighted by atomic mass is 10.0. The monoisotopic (exact) mass is 318 g/mol. The van der Waals surface area contributed by atoms with Gasteiger partial charge in [-0.05, 0) is 31.4 Å². The molecule has 1 atom stereocenters. The number of aromatic nitrogens is 1. The Balaban J connectivity index is 2.16. The Bertz CT molecular complexity index is 637. The van der Waals surface area contributed by atoms with E-state index in [2.05, 4.69) is 10.3 Å². The third kappa shape index (κ3) is 4.15. The summed E-state index contributed by atoms with van der Waals surface area (Å²) in [6.07, 6.45) is 0.564. The zero-order chi connectivity index (χ0) is 16.1. The minimum atomic E-state index is -0.110. The number of thiazole rings is 1. The van der Waals surface area contributed by atoms with E-state index < -0.39 is 0 Å². The van der Waals surface area contributed by atoms with Crippen molar-refractivity contribution >= 4 is 17.2 Å². The fourth-order valence-corrected chi connectivity index (χ4v) is 2.90. The SMILES string of the molecule is Cc1nc(-c2cccc(C(=O)NC(CCO)C(C)C)c2)cs1. The molecule has 2 N–H and O–H groups in total. The minimum absolute atomic E-state index is 0.0253. The number of aliphatic hydroxyl groups excluding tert-OH is 1. The van der Waals surface area contributed by atoms with Crippen LogP contribution in [-0.4, -0.2) is 28.6 Å². The Morgan fingerprint density at radius 1 is 1.41 bits per heavy atom. The maximum atomic E-state index is 12.4. The first kappa shape index (κ1) is 16.6. The summed E-state index contributed by atoms with van der Waals surface area (Å²) in [6, 6.07) is 7.46. The molecule has 1 heterocycles. The van der Waals surface area contributed by atoms with Crippen molar-refractivity contribution in [2.45, 2.75) is 33.2 Å². The summed E-state index contributed by atoms with van der Waals surface area (Å²) in [5, 5.41) is 15.1. The number of amides is 1. The highest BCUT2D eigenvalue weighted by Gasteiger charge is 2.17. The van der Waals surface area contributed by atoms with Gasteiger partial charge in [-0.1, -0.05) is 26.0 Å². The number of hydrogen-bond acceptors (Lipinski definition) is 4. The van der Waals surface area contributed by atoms with Crippen LogP contribution in [0, 0.1) is 12.8 Å². The molecule has 22 heavy (non-hydrogen) atoms. The predicted octanol–water partition coefficient (Wildman–Crippen LogP) is 3.26. The van der Waals surface area contributed by atoms with Gasteiger partial charge >= 0.3 is 0 Å². The van der Waals surface area contributed by atoms with Crippen LogP contribution in [0.5, 0.6) is 0 Å². The highest BCUT2D eigenvalue weighted by atomic mass is 32.1. The van der Waals surface area contributed by atoms with Crippen LogP contribution in [0.4, 0.5) is 0 Å². The molecule has 118 valence electrons. The summed E-state index contributed by atoms with van der Waals surface area (Å²) in [6.45, 7) is 6.11. The minimum Gasteiger partial charge on any atom is -0.396 e. The van der Waals surface area contributed by atoms with Crippen molar-refractivity contribution in [3.05, 3.63) is 40.2 Å². The Hall–Kier alpha value is -1.72. The Morgan fingerprint density at radius 3 is 2.77 bits per heavy atom. The van der Waals surface area contributed by atoms with E-state index in [-0.39, 0.29) is 24.5 Å². The van der Waals surface area contributed by atoms with Gasteiger partial charge in [-0.25, -0.2) is 4.98 Å². The summed E-state index contributed by atoms with van der Waals surface area (Å²) >= 11 is 1.60. The van der Waals surface area contributed by atoms with Gasteiger partial charge in [0.1, 0.15) is 0 Å². The molecule has 0 saturated carbocycles. The van der Waals surface area contributed by atoms with Gasteiger partial charge in [0, 0.05) is 29.2 Å². The predicted molar refractivity (Wildman–Crippen MR) is 90.1 cm³/mol. The lowest BCUT2D eigenvalue weighted by Crippen LogP contribution is -2.39. The second-order valence-electron chi connectivity index (χ2n) is 5.67. The van der Waals surface area contributed by atoms with E-state index in [1.54, 1.807) is 17.4 Å². The molecule has 1 unspecified atom stereocenters. The second-order valence-corrected chi connectivity index (χ2v) is 6.73. The number of hydrogen-bond donors (Lipinski definition) is 2. The third-order valence-electron chi connectivity index (χ3n) is 3.60. The molecule has 0 saturated heterocycles. The lowest BCUT2D eigenvalue weighted by molar-refractivity contribution is 0.0916. The van der Waals surface area contributed by atoms with Crippen LogP contribution >= 0.6 is 11.3 Å². The largest absolute Gasteiger partial charge is 0.396 e. The van der Waals surface area contributed by atoms with Gasteiger partial charge in [-0.2, -0.15) is 0 Å². The normalized spacial score (nSPS) is 12.4. The molecule has 2 aromatic rings. The summed E-state index contributed by atoms with van der Waals surface area (Å²) in [5.41, 5.74) is 2.46. The molecule has 2 rings (SSSR count). The number of benzene rings is 1. The van der Waals surface area contributed by atoms with Gasteiger partial charge in [0.05, 0.1) is 10.7 Å². The van der Waals surface area contributed by atoms with Crippen LogP contribution in [-0.2, 0) is 0 Å². The molecular weight excluding hydrogens is 296 g/mol. The summed E-state index contributed by atoms with van der Waals surface area (Å²) in [4.78, 5) is 16.9. The van der Waals surface area contributed by atoms with Crippen molar-refractivity contribution in [2.75, 3.05) is 6.61 Å². The van der Waals surface area contributed by atoms with E-state index in [0.29, 0.717) is 12.0 Å². The summed E-state index contributed by atoms with van der Waals surface area (Å²) in [7, 11) is 0. The van der Waals surface area contributed by atoms with Crippen LogP contribution < -0.4 is 5.32 Å². The molecule has 1 aromatic carbocycles. The van der Waals surface area contributed by atoms with E-state index >= 15 is 0 Å². The fourth-order valence-electron chi connectivity index (χ4n) is 2.28. The van der Waals surface area contributed by atoms with Crippen LogP contribution in [0.15, 0.2) is 29.6 Å². The quantitative estimate of drug-likeness (QED) is 0.859. The Labute approximate surface area is 135 Å². The maximum absolute atomic E-state index is 12.4. The molecule has 1 amide bonds. The topological polar surface area (TPSA) is 62.2 Å². The lowest BCUT2D eigenvalue weighted by Gasteiger charge is -2.21. The van der Waals surface area contributed by atoms with Crippen LogP contribution in [0.3, 0.4) is 0 Å². The molecule has 1 aromatic heterocycles. The fraction of sp³-hybridized carbons (Fsp3) is 0.412. The third-order valence-corrected chi connectivity index (χ3v) is 4.37. The number of rotatable bonds is 6. The molecular formula is C17H22N2O2S. The first-order chi connectivity index (χ1) is 10.5. The Kier molecular flexibility index (Phi) is 5.69. The van der Waals surface area contributed by atoms with Gasteiger partial charge in [-0.15, -0.1) is 11.3 Å². The molecule has 0 aliphatic heterocycles. The standard InChI is InChI=1S/C17H22N2O2S/c1-11(2)15(7-8-20)19-17(21)14-6-4-5-13(9-14)16-10-22-12(3)18-16/h4-6,9-11,15,20H,7-8H2,1-3H3,(H,19,21). The number of nitrogens with zero attached hydrogens (tertiary/aromatic N) is 1. The van der Waals surface area contributed by atoms with Crippen LogP contribution in [0.2, 0.25) is 0 Å². The van der Waals surface area contributed by atoms with Crippen molar-refractivity contribution in [1.82, 2.24) is 10.3 Å². The molecule has 0 aliphatic carbocycles. The van der Waals surface area contributed by atoms with Gasteiger partial charge in [0.25, 0.3) is 5.91 Å². The molecule has 0 bridgehead atoms. The molecule has 5 heteroatoms. The first-order valence-electron chi connectivity index (χ1n) is 7.45. The number of carbonyl (C=O) groups is 1. The van der Waals surface area contributed by atoms with Gasteiger partial charge < -0.3 is 10.4 Å². The summed E-state index contributed by atoms with van der Waals surface area (Å²) < 4.78 is 0. The van der Waals surface area contributed by atoms with E-state index in [1.807, 2.05) is 44.4 Å². The number of nitrogens with one attached hydrogen (secondary N) is 1. The highest BCUT2D eigenvalue weighted by molar-refractivity contribution is 7.09. The maximum Gasteiger partial charge on any atom is 0.251 e. The van der Waals surface area contributed by atoms with Crippen LogP contribution in [0.25, 0.3) is 11.3 Å². The van der Waals surface area contributed by atoms with Gasteiger partial charge in [0.15, 0.2) is 0 Å². The molecule has 0 aliphatic rings. The highest BCUT2D eigenvalue weighted by Crippen LogP contribution is 2.22. The number of aliphatic hydroxyl groups is 1. The van der Waals surface area contributed by atoms with Crippen molar-refractivity contribution < 1.29 is 9.90 Å². The van der Waals surface area contributed by atoms with Crippen molar-refractivity contribution in [3.8, 4) is 11.3 Å². The van der Waals surface area contributed by atoms with Crippen molar-refractivity contribution in [2.24, 2.45) is 5.92 Å². The van der Waals surface area contributed by atoms with Crippen molar-refractivity contribution in [1.29, 1.82) is 0 Å². The average molecular weight is 318 g/mol. The smallest absolute Gasteiger partial charge is 0.251 e. The average Bonchev–Trinajstić information content (AvgIpc) is 2.93. The van der Waals surface area contributed by atoms with E-state index in [9.17, 15) is 4.79 Å². The van der Waals surface area contributed by atoms with E-state index in [0.717, 1.165) is 16.3 Å². The number of carbonyl (C=O) groups excluding carboxylic acids is 1. The molecule has 0 fully saturated rings. The molecule has 4 nitrogen and oxygen atoms in total. The Morgan fingerprint density at radius 2 is 2.18 bits per heavy atom. The first-order valence-corrected chi connectivity index (χ1v) is 8.33. The molecule has 0 spiro atoms. The van der Waals surface area contributed by atoms with E-state index in [1.165, 1.54) is 0 Å². The second kappa shape index (κ2) is 7.51. The van der Waals surface area contributed by atoms with Crippen molar-refractivity contribution in [3.63, 3.8) is 0 Å². The van der Waals surface area contributed by atoms with Gasteiger partial charge in [-0.3, -0.25) is 4.79 Å². The van der Waals surface area contributed by atoms with E-state index in [4.69, 9.17) is 5.11 Å². The zero-order valence-corrected chi connectivity index (χ0v) is 14.0. The number of aryl methyl sites for hydroxylation is 1. The summed E-state index contributed by atoms with van der Waals surface area (Å²) in [5.74, 6) is 0.168. The zero-order valence-electron chi connectivity index (χ0n) is 13.2. The van der Waals surface area contributed by atoms with Gasteiger partial charge in [0.2, 0.25) is 0 Å².